The Bertz CT molecular complexity index is 303. The molecule has 2 rings (SSSR count). The average Bonchev–Trinajstić information content (AvgIpc) is 2.16. The van der Waals surface area contributed by atoms with Crippen molar-refractivity contribution in [1.82, 2.24) is 0 Å². The summed E-state index contributed by atoms with van der Waals surface area (Å²) < 4.78 is 0. The predicted octanol–water partition coefficient (Wildman–Crippen LogP) is 2.71. The Hall–Kier alpha value is -0.530. The third-order valence-corrected chi connectivity index (χ3v) is 2.91. The van der Waals surface area contributed by atoms with Crippen LogP contribution in [-0.4, -0.2) is 5.11 Å². The van der Waals surface area contributed by atoms with Gasteiger partial charge in [0.1, 0.15) is 0 Å². The minimum Gasteiger partial charge on any atom is -0.392 e. The normalized spacial score (nSPS) is 15.5. The minimum atomic E-state index is 0.114. The molecule has 0 radical (unpaired) electrons. The first-order valence-electron chi connectivity index (χ1n) is 4.72. The molecule has 0 aliphatic heterocycles. The van der Waals surface area contributed by atoms with E-state index in [0.717, 1.165) is 23.4 Å². The summed E-state index contributed by atoms with van der Waals surface area (Å²) in [5.74, 6) is 0. The molecule has 0 fully saturated rings. The van der Waals surface area contributed by atoms with E-state index in [1.807, 2.05) is 12.1 Å². The van der Waals surface area contributed by atoms with E-state index >= 15 is 0 Å². The molecule has 1 aromatic rings. The largest absolute Gasteiger partial charge is 0.392 e. The fraction of sp³-hybridized carbons (Fsp3) is 0.455. The van der Waals surface area contributed by atoms with Crippen molar-refractivity contribution in [3.8, 4) is 0 Å². The van der Waals surface area contributed by atoms with Crippen LogP contribution in [-0.2, 0) is 19.4 Å². The fourth-order valence-corrected chi connectivity index (χ4v) is 2.32. The van der Waals surface area contributed by atoms with Crippen LogP contribution in [0.5, 0.6) is 0 Å². The molecular formula is C11H13ClO. The lowest BCUT2D eigenvalue weighted by Crippen LogP contribution is -2.06. The molecule has 0 amide bonds. The van der Waals surface area contributed by atoms with Gasteiger partial charge in [0.05, 0.1) is 6.61 Å². The van der Waals surface area contributed by atoms with Crippen molar-refractivity contribution in [3.05, 3.63) is 33.8 Å². The Morgan fingerprint density at radius 1 is 1.23 bits per heavy atom. The molecule has 1 nitrogen and oxygen atoms in total. The van der Waals surface area contributed by atoms with Gasteiger partial charge in [-0.2, -0.15) is 0 Å². The monoisotopic (exact) mass is 196 g/mol. The van der Waals surface area contributed by atoms with Crippen molar-refractivity contribution in [2.75, 3.05) is 0 Å². The summed E-state index contributed by atoms with van der Waals surface area (Å²) in [5, 5.41) is 9.91. The van der Waals surface area contributed by atoms with Gasteiger partial charge >= 0.3 is 0 Å². The van der Waals surface area contributed by atoms with E-state index in [9.17, 15) is 0 Å². The van der Waals surface area contributed by atoms with Gasteiger partial charge in [-0.15, -0.1) is 0 Å². The number of aryl methyl sites for hydroxylation is 1. The molecule has 0 heterocycles. The van der Waals surface area contributed by atoms with Gasteiger partial charge in [0, 0.05) is 5.02 Å². The first kappa shape index (κ1) is 9.04. The highest BCUT2D eigenvalue weighted by atomic mass is 35.5. The lowest BCUT2D eigenvalue weighted by atomic mass is 9.88. The van der Waals surface area contributed by atoms with Crippen molar-refractivity contribution in [1.29, 1.82) is 0 Å². The summed E-state index contributed by atoms with van der Waals surface area (Å²) in [6.07, 6.45) is 4.70. The summed E-state index contributed by atoms with van der Waals surface area (Å²) in [5.41, 5.74) is 3.68. The Balaban J connectivity index is 2.50. The van der Waals surface area contributed by atoms with E-state index in [0.29, 0.717) is 0 Å². The number of aliphatic hydroxyl groups excluding tert-OH is 1. The Morgan fingerprint density at radius 2 is 2.00 bits per heavy atom. The maximum absolute atomic E-state index is 9.16. The van der Waals surface area contributed by atoms with Gasteiger partial charge in [-0.3, -0.25) is 0 Å². The number of aliphatic hydroxyl groups is 1. The van der Waals surface area contributed by atoms with Crippen LogP contribution in [0, 0.1) is 0 Å². The molecule has 0 unspecified atom stereocenters. The Labute approximate surface area is 83.3 Å². The first-order chi connectivity index (χ1) is 6.31. The van der Waals surface area contributed by atoms with E-state index < -0.39 is 0 Å². The maximum Gasteiger partial charge on any atom is 0.0685 e. The van der Waals surface area contributed by atoms with Crippen molar-refractivity contribution >= 4 is 11.6 Å². The number of benzene rings is 1. The van der Waals surface area contributed by atoms with Crippen molar-refractivity contribution < 1.29 is 5.11 Å². The Morgan fingerprint density at radius 3 is 2.77 bits per heavy atom. The molecule has 1 N–H and O–H groups in total. The quantitative estimate of drug-likeness (QED) is 0.733. The van der Waals surface area contributed by atoms with E-state index in [4.69, 9.17) is 16.7 Å². The lowest BCUT2D eigenvalue weighted by Gasteiger charge is -2.18. The van der Waals surface area contributed by atoms with Gasteiger partial charge in [-0.25, -0.2) is 0 Å². The summed E-state index contributed by atoms with van der Waals surface area (Å²) in [4.78, 5) is 0. The maximum atomic E-state index is 9.16. The van der Waals surface area contributed by atoms with Gasteiger partial charge in [-0.1, -0.05) is 11.6 Å². The second-order valence-corrected chi connectivity index (χ2v) is 4.00. The second kappa shape index (κ2) is 3.69. The van der Waals surface area contributed by atoms with E-state index in [1.165, 1.54) is 24.0 Å². The number of hydrogen-bond donors (Lipinski definition) is 1. The highest BCUT2D eigenvalue weighted by molar-refractivity contribution is 6.30. The van der Waals surface area contributed by atoms with Crippen LogP contribution in [0.15, 0.2) is 12.1 Å². The highest BCUT2D eigenvalue weighted by Gasteiger charge is 2.13. The van der Waals surface area contributed by atoms with Crippen molar-refractivity contribution in [3.63, 3.8) is 0 Å². The number of halogens is 1. The molecule has 0 aromatic heterocycles. The molecule has 0 saturated carbocycles. The lowest BCUT2D eigenvalue weighted by molar-refractivity contribution is 0.280. The molecule has 2 heteroatoms. The van der Waals surface area contributed by atoms with Crippen LogP contribution < -0.4 is 0 Å². The molecule has 0 saturated heterocycles. The predicted molar refractivity (Wildman–Crippen MR) is 54.0 cm³/mol. The molecule has 70 valence electrons. The molecule has 0 bridgehead atoms. The SMILES string of the molecule is OCc1cc(Cl)cc2c1CCCC2. The van der Waals surface area contributed by atoms with Gasteiger partial charge in [-0.05, 0) is 54.5 Å². The third kappa shape index (κ3) is 1.72. The number of rotatable bonds is 1. The first-order valence-corrected chi connectivity index (χ1v) is 5.10. The van der Waals surface area contributed by atoms with Crippen LogP contribution in [0.25, 0.3) is 0 Å². The molecule has 0 atom stereocenters. The fourth-order valence-electron chi connectivity index (χ4n) is 2.06. The van der Waals surface area contributed by atoms with Gasteiger partial charge in [0.15, 0.2) is 0 Å². The van der Waals surface area contributed by atoms with Crippen molar-refractivity contribution in [2.24, 2.45) is 0 Å². The second-order valence-electron chi connectivity index (χ2n) is 3.57. The Kier molecular flexibility index (Phi) is 2.56. The molecule has 1 aliphatic rings. The number of hydrogen-bond acceptors (Lipinski definition) is 1. The van der Waals surface area contributed by atoms with Crippen LogP contribution in [0.1, 0.15) is 29.5 Å². The molecule has 1 aromatic carbocycles. The van der Waals surface area contributed by atoms with Gasteiger partial charge < -0.3 is 5.11 Å². The summed E-state index contributed by atoms with van der Waals surface area (Å²) in [7, 11) is 0. The van der Waals surface area contributed by atoms with E-state index in [2.05, 4.69) is 0 Å². The molecule has 1 aliphatic carbocycles. The summed E-state index contributed by atoms with van der Waals surface area (Å²) >= 11 is 5.95. The van der Waals surface area contributed by atoms with E-state index in [-0.39, 0.29) is 6.61 Å². The van der Waals surface area contributed by atoms with Gasteiger partial charge in [0.2, 0.25) is 0 Å². The number of fused-ring (bicyclic) bond motifs is 1. The zero-order valence-corrected chi connectivity index (χ0v) is 8.27. The average molecular weight is 197 g/mol. The topological polar surface area (TPSA) is 20.2 Å². The standard InChI is InChI=1S/C11H13ClO/c12-10-5-8-3-1-2-4-11(8)9(6-10)7-13/h5-6,13H,1-4,7H2. The third-order valence-electron chi connectivity index (χ3n) is 2.69. The van der Waals surface area contributed by atoms with Crippen LogP contribution in [0.2, 0.25) is 5.02 Å². The zero-order valence-electron chi connectivity index (χ0n) is 7.52. The van der Waals surface area contributed by atoms with Crippen LogP contribution in [0.3, 0.4) is 0 Å². The van der Waals surface area contributed by atoms with Crippen molar-refractivity contribution in [2.45, 2.75) is 32.3 Å². The van der Waals surface area contributed by atoms with E-state index in [1.54, 1.807) is 0 Å². The summed E-state index contributed by atoms with van der Waals surface area (Å²) in [6.45, 7) is 0.114. The minimum absolute atomic E-state index is 0.114. The smallest absolute Gasteiger partial charge is 0.0685 e. The van der Waals surface area contributed by atoms with Crippen LogP contribution in [0.4, 0.5) is 0 Å². The highest BCUT2D eigenvalue weighted by Crippen LogP contribution is 2.27. The molecule has 13 heavy (non-hydrogen) atoms. The van der Waals surface area contributed by atoms with Crippen LogP contribution >= 0.6 is 11.6 Å². The van der Waals surface area contributed by atoms with Gasteiger partial charge in [0.25, 0.3) is 0 Å². The molecule has 0 spiro atoms. The zero-order chi connectivity index (χ0) is 9.26. The summed E-state index contributed by atoms with van der Waals surface area (Å²) in [6, 6.07) is 3.92. The molecular weight excluding hydrogens is 184 g/mol.